The molecule has 19 heavy (non-hydrogen) atoms. The number of rotatable bonds is 9. The van der Waals surface area contributed by atoms with Crippen LogP contribution in [-0.2, 0) is 9.59 Å². The van der Waals surface area contributed by atoms with Crippen LogP contribution >= 0.6 is 0 Å². The minimum Gasteiger partial charge on any atom is -0.357 e. The fourth-order valence-corrected chi connectivity index (χ4v) is 2.12. The summed E-state index contributed by atoms with van der Waals surface area (Å²) < 4.78 is 0. The number of carbonyl (C=O) groups is 2. The zero-order chi connectivity index (χ0) is 14.8. The van der Waals surface area contributed by atoms with Crippen LogP contribution in [0.2, 0.25) is 0 Å². The third-order valence-corrected chi connectivity index (χ3v) is 3.39. The summed E-state index contributed by atoms with van der Waals surface area (Å²) in [6.07, 6.45) is 3.47. The molecule has 0 heterocycles. The van der Waals surface area contributed by atoms with Gasteiger partial charge >= 0.3 is 0 Å². The molecular formula is C14H29N3O2. The first-order chi connectivity index (χ1) is 8.96. The van der Waals surface area contributed by atoms with Gasteiger partial charge in [-0.2, -0.15) is 0 Å². The fourth-order valence-electron chi connectivity index (χ4n) is 2.12. The van der Waals surface area contributed by atoms with Crippen LogP contribution in [0.25, 0.3) is 0 Å². The van der Waals surface area contributed by atoms with Gasteiger partial charge in [0.2, 0.25) is 11.8 Å². The number of hydrogen-bond acceptors (Lipinski definition) is 3. The molecule has 0 radical (unpaired) electrons. The molecule has 0 bridgehead atoms. The third-order valence-electron chi connectivity index (χ3n) is 3.39. The Kier molecular flexibility index (Phi) is 9.21. The predicted octanol–water partition coefficient (Wildman–Crippen LogP) is 1.04. The average molecular weight is 271 g/mol. The molecule has 3 atom stereocenters. The smallest absolute Gasteiger partial charge is 0.243 e. The van der Waals surface area contributed by atoms with Crippen LogP contribution < -0.4 is 16.0 Å². The first kappa shape index (κ1) is 17.9. The number of carbonyl (C=O) groups excluding carboxylic acids is 2. The number of hydrogen-bond donors (Lipinski definition) is 3. The van der Waals surface area contributed by atoms with E-state index in [1.807, 2.05) is 6.92 Å². The molecule has 0 fully saturated rings. The van der Waals surface area contributed by atoms with Crippen molar-refractivity contribution < 1.29 is 9.59 Å². The molecule has 5 heteroatoms. The van der Waals surface area contributed by atoms with E-state index in [4.69, 9.17) is 0 Å². The van der Waals surface area contributed by atoms with Crippen molar-refractivity contribution in [3.05, 3.63) is 0 Å². The summed E-state index contributed by atoms with van der Waals surface area (Å²) in [4.78, 5) is 22.9. The molecule has 3 N–H and O–H groups in total. The molecule has 0 aliphatic heterocycles. The molecule has 0 aromatic heterocycles. The van der Waals surface area contributed by atoms with Gasteiger partial charge in [-0.1, -0.05) is 26.7 Å². The third kappa shape index (κ3) is 7.15. The highest BCUT2D eigenvalue weighted by Gasteiger charge is 2.25. The first-order valence-corrected chi connectivity index (χ1v) is 7.18. The van der Waals surface area contributed by atoms with Gasteiger partial charge in [-0.05, 0) is 25.8 Å². The maximum Gasteiger partial charge on any atom is 0.243 e. The van der Waals surface area contributed by atoms with E-state index in [2.05, 4.69) is 29.8 Å². The minimum atomic E-state index is -0.526. The second-order valence-electron chi connectivity index (χ2n) is 5.05. The average Bonchev–Trinajstić information content (AvgIpc) is 2.39. The SMILES string of the molecule is CCCC(CC)CNC(C)C(NC(C)=O)C(=O)NC. The molecule has 0 saturated heterocycles. The van der Waals surface area contributed by atoms with Crippen LogP contribution in [0, 0.1) is 5.92 Å². The maximum absolute atomic E-state index is 11.8. The summed E-state index contributed by atoms with van der Waals surface area (Å²) in [7, 11) is 1.58. The summed E-state index contributed by atoms with van der Waals surface area (Å²) >= 11 is 0. The highest BCUT2D eigenvalue weighted by Crippen LogP contribution is 2.09. The Morgan fingerprint density at radius 2 is 1.84 bits per heavy atom. The van der Waals surface area contributed by atoms with E-state index in [1.165, 1.54) is 19.8 Å². The highest BCUT2D eigenvalue weighted by molar-refractivity contribution is 5.87. The van der Waals surface area contributed by atoms with Crippen LogP contribution in [0.15, 0.2) is 0 Å². The summed E-state index contributed by atoms with van der Waals surface area (Å²) in [5.41, 5.74) is 0. The molecule has 3 unspecified atom stereocenters. The highest BCUT2D eigenvalue weighted by atomic mass is 16.2. The van der Waals surface area contributed by atoms with Crippen LogP contribution in [0.4, 0.5) is 0 Å². The summed E-state index contributed by atoms with van der Waals surface area (Å²) in [5.74, 6) is 0.261. The Morgan fingerprint density at radius 1 is 1.21 bits per heavy atom. The van der Waals surface area contributed by atoms with E-state index < -0.39 is 6.04 Å². The van der Waals surface area contributed by atoms with E-state index in [9.17, 15) is 9.59 Å². The Bertz CT molecular complexity index is 282. The van der Waals surface area contributed by atoms with E-state index in [1.54, 1.807) is 7.05 Å². The molecule has 0 spiro atoms. The number of amides is 2. The molecule has 0 aliphatic rings. The first-order valence-electron chi connectivity index (χ1n) is 7.18. The summed E-state index contributed by atoms with van der Waals surface area (Å²) in [5, 5.41) is 8.64. The van der Waals surface area contributed by atoms with Gasteiger partial charge in [0.25, 0.3) is 0 Å². The lowest BCUT2D eigenvalue weighted by Gasteiger charge is -2.26. The van der Waals surface area contributed by atoms with Gasteiger partial charge in [0, 0.05) is 20.0 Å². The van der Waals surface area contributed by atoms with Crippen molar-refractivity contribution in [3.8, 4) is 0 Å². The van der Waals surface area contributed by atoms with Crippen molar-refractivity contribution >= 4 is 11.8 Å². The maximum atomic E-state index is 11.8. The molecule has 0 aliphatic carbocycles. The van der Waals surface area contributed by atoms with E-state index in [-0.39, 0.29) is 17.9 Å². The molecule has 0 aromatic carbocycles. The predicted molar refractivity (Wildman–Crippen MR) is 77.8 cm³/mol. The van der Waals surface area contributed by atoms with Crippen molar-refractivity contribution in [2.45, 2.75) is 59.0 Å². The molecule has 112 valence electrons. The van der Waals surface area contributed by atoms with Gasteiger partial charge in [0.15, 0.2) is 0 Å². The Labute approximate surface area is 116 Å². The largest absolute Gasteiger partial charge is 0.357 e. The van der Waals surface area contributed by atoms with Gasteiger partial charge in [-0.25, -0.2) is 0 Å². The zero-order valence-corrected chi connectivity index (χ0v) is 12.9. The van der Waals surface area contributed by atoms with Gasteiger partial charge in [-0.15, -0.1) is 0 Å². The van der Waals surface area contributed by atoms with E-state index >= 15 is 0 Å². The Hall–Kier alpha value is -1.10. The normalized spacial score (nSPS) is 15.4. The summed E-state index contributed by atoms with van der Waals surface area (Å²) in [6, 6.07) is -0.614. The monoisotopic (exact) mass is 271 g/mol. The van der Waals surface area contributed by atoms with Gasteiger partial charge in [0.05, 0.1) is 0 Å². The van der Waals surface area contributed by atoms with Crippen molar-refractivity contribution in [2.24, 2.45) is 5.92 Å². The van der Waals surface area contributed by atoms with Gasteiger partial charge in [-0.3, -0.25) is 9.59 Å². The van der Waals surface area contributed by atoms with Crippen molar-refractivity contribution in [2.75, 3.05) is 13.6 Å². The van der Waals surface area contributed by atoms with Crippen LogP contribution in [0.1, 0.15) is 47.0 Å². The molecule has 2 amide bonds. The molecular weight excluding hydrogens is 242 g/mol. The standard InChI is InChI=1S/C14H29N3O2/c1-6-8-12(7-2)9-16-10(3)13(14(19)15-5)17-11(4)18/h10,12-13,16H,6-9H2,1-5H3,(H,15,19)(H,17,18). The lowest BCUT2D eigenvalue weighted by atomic mass is 9.99. The molecule has 5 nitrogen and oxygen atoms in total. The van der Waals surface area contributed by atoms with Crippen LogP contribution in [0.3, 0.4) is 0 Å². The number of nitrogens with one attached hydrogen (secondary N) is 3. The van der Waals surface area contributed by atoms with Gasteiger partial charge < -0.3 is 16.0 Å². The topological polar surface area (TPSA) is 70.2 Å². The minimum absolute atomic E-state index is 0.0882. The second-order valence-corrected chi connectivity index (χ2v) is 5.05. The van der Waals surface area contributed by atoms with Crippen LogP contribution in [-0.4, -0.2) is 37.5 Å². The zero-order valence-electron chi connectivity index (χ0n) is 12.9. The van der Waals surface area contributed by atoms with E-state index in [0.717, 1.165) is 13.0 Å². The van der Waals surface area contributed by atoms with Gasteiger partial charge in [0.1, 0.15) is 6.04 Å². The van der Waals surface area contributed by atoms with Crippen molar-refractivity contribution in [3.63, 3.8) is 0 Å². The second kappa shape index (κ2) is 9.78. The molecule has 0 saturated carbocycles. The quantitative estimate of drug-likeness (QED) is 0.587. The van der Waals surface area contributed by atoms with Crippen LogP contribution in [0.5, 0.6) is 0 Å². The van der Waals surface area contributed by atoms with Crippen molar-refractivity contribution in [1.29, 1.82) is 0 Å². The molecule has 0 aromatic rings. The van der Waals surface area contributed by atoms with Crippen molar-refractivity contribution in [1.82, 2.24) is 16.0 Å². The Morgan fingerprint density at radius 3 is 2.26 bits per heavy atom. The Balaban J connectivity index is 4.41. The summed E-state index contributed by atoms with van der Waals surface area (Å²) in [6.45, 7) is 8.58. The number of likely N-dealkylation sites (N-methyl/N-ethyl adjacent to an activating group) is 1. The molecule has 0 rings (SSSR count). The fraction of sp³-hybridized carbons (Fsp3) is 0.857. The van der Waals surface area contributed by atoms with E-state index in [0.29, 0.717) is 5.92 Å². The lowest BCUT2D eigenvalue weighted by Crippen LogP contribution is -2.56. The lowest BCUT2D eigenvalue weighted by molar-refractivity contribution is -0.128.